The first-order valence-corrected chi connectivity index (χ1v) is 7.65. The molecule has 1 amide bonds. The van der Waals surface area contributed by atoms with Crippen molar-refractivity contribution in [1.29, 1.82) is 0 Å². The second kappa shape index (κ2) is 6.89. The number of halogens is 1. The van der Waals surface area contributed by atoms with Crippen LogP contribution in [0.3, 0.4) is 0 Å². The number of pyridine rings is 1. The first-order chi connectivity index (χ1) is 10.7. The summed E-state index contributed by atoms with van der Waals surface area (Å²) in [6, 6.07) is 4.02. The summed E-state index contributed by atoms with van der Waals surface area (Å²) >= 11 is 5.81. The molecule has 3 heterocycles. The van der Waals surface area contributed by atoms with Gasteiger partial charge in [-0.1, -0.05) is 17.7 Å². The Labute approximate surface area is 134 Å². The van der Waals surface area contributed by atoms with Gasteiger partial charge in [-0.15, -0.1) is 0 Å². The van der Waals surface area contributed by atoms with Crippen LogP contribution in [-0.2, 0) is 17.9 Å². The number of amides is 1. The van der Waals surface area contributed by atoms with E-state index >= 15 is 0 Å². The largest absolute Gasteiger partial charge is 0.339 e. The summed E-state index contributed by atoms with van der Waals surface area (Å²) in [5.41, 5.74) is 1.20. The van der Waals surface area contributed by atoms with Crippen LogP contribution in [0.1, 0.15) is 5.56 Å². The van der Waals surface area contributed by atoms with Crippen LogP contribution in [-0.4, -0.2) is 56.7 Å². The second-order valence-corrected chi connectivity index (χ2v) is 5.81. The van der Waals surface area contributed by atoms with Gasteiger partial charge in [0.2, 0.25) is 5.91 Å². The lowest BCUT2D eigenvalue weighted by Gasteiger charge is -2.34. The van der Waals surface area contributed by atoms with Gasteiger partial charge in [-0.05, 0) is 11.6 Å². The molecule has 6 nitrogen and oxygen atoms in total. The fourth-order valence-corrected chi connectivity index (χ4v) is 2.72. The molecule has 0 radical (unpaired) electrons. The Morgan fingerprint density at radius 2 is 2.05 bits per heavy atom. The van der Waals surface area contributed by atoms with E-state index in [-0.39, 0.29) is 12.5 Å². The Kier molecular flexibility index (Phi) is 4.70. The van der Waals surface area contributed by atoms with Crippen molar-refractivity contribution >= 4 is 17.5 Å². The highest BCUT2D eigenvalue weighted by molar-refractivity contribution is 6.30. The van der Waals surface area contributed by atoms with Gasteiger partial charge >= 0.3 is 0 Å². The van der Waals surface area contributed by atoms with Gasteiger partial charge in [0.1, 0.15) is 6.54 Å². The Hall–Kier alpha value is -1.92. The van der Waals surface area contributed by atoms with Gasteiger partial charge in [0.25, 0.3) is 0 Å². The summed E-state index contributed by atoms with van der Waals surface area (Å²) in [5, 5.41) is 4.59. The van der Waals surface area contributed by atoms with E-state index in [1.54, 1.807) is 23.3 Å². The van der Waals surface area contributed by atoms with Crippen LogP contribution >= 0.6 is 11.6 Å². The third-order valence-corrected chi connectivity index (χ3v) is 3.95. The lowest BCUT2D eigenvalue weighted by atomic mass is 10.2. The zero-order chi connectivity index (χ0) is 15.4. The smallest absolute Gasteiger partial charge is 0.244 e. The lowest BCUT2D eigenvalue weighted by molar-refractivity contribution is -0.133. The Bertz CT molecular complexity index is 622. The molecule has 116 valence electrons. The van der Waals surface area contributed by atoms with Crippen LogP contribution in [0.5, 0.6) is 0 Å². The standard InChI is InChI=1S/C15H18ClN5O/c16-14-9-18-21(11-14)12-15(22)20-6-4-19(5-7-20)10-13-2-1-3-17-8-13/h1-3,8-9,11H,4-7,10,12H2. The van der Waals surface area contributed by atoms with Crippen LogP contribution in [0.2, 0.25) is 5.02 Å². The lowest BCUT2D eigenvalue weighted by Crippen LogP contribution is -2.49. The highest BCUT2D eigenvalue weighted by Gasteiger charge is 2.21. The Morgan fingerprint density at radius 3 is 2.68 bits per heavy atom. The molecule has 0 aliphatic carbocycles. The monoisotopic (exact) mass is 319 g/mol. The molecule has 3 rings (SSSR count). The Balaban J connectivity index is 1.48. The van der Waals surface area contributed by atoms with Gasteiger partial charge in [0.15, 0.2) is 0 Å². The number of carbonyl (C=O) groups is 1. The van der Waals surface area contributed by atoms with Gasteiger partial charge < -0.3 is 4.90 Å². The third kappa shape index (κ3) is 3.84. The van der Waals surface area contributed by atoms with Gasteiger partial charge in [-0.3, -0.25) is 19.4 Å². The maximum atomic E-state index is 12.2. The van der Waals surface area contributed by atoms with Crippen molar-refractivity contribution in [3.63, 3.8) is 0 Å². The van der Waals surface area contributed by atoms with E-state index in [2.05, 4.69) is 21.0 Å². The zero-order valence-corrected chi connectivity index (χ0v) is 13.0. The predicted octanol–water partition coefficient (Wildman–Crippen LogP) is 1.28. The molecule has 7 heteroatoms. The molecular weight excluding hydrogens is 302 g/mol. The van der Waals surface area contributed by atoms with E-state index in [9.17, 15) is 4.79 Å². The highest BCUT2D eigenvalue weighted by Crippen LogP contribution is 2.09. The SMILES string of the molecule is O=C(Cn1cc(Cl)cn1)N1CCN(Cc2cccnc2)CC1. The molecule has 0 atom stereocenters. The summed E-state index contributed by atoms with van der Waals surface area (Å²) in [4.78, 5) is 20.6. The van der Waals surface area contributed by atoms with Gasteiger partial charge in [0, 0.05) is 51.3 Å². The van der Waals surface area contributed by atoms with Gasteiger partial charge in [-0.2, -0.15) is 5.10 Å². The van der Waals surface area contributed by atoms with Crippen LogP contribution < -0.4 is 0 Å². The molecule has 22 heavy (non-hydrogen) atoms. The summed E-state index contributed by atoms with van der Waals surface area (Å²) in [7, 11) is 0. The van der Waals surface area contributed by atoms with Crippen molar-refractivity contribution in [2.24, 2.45) is 0 Å². The van der Waals surface area contributed by atoms with Crippen molar-refractivity contribution in [3.05, 3.63) is 47.5 Å². The minimum absolute atomic E-state index is 0.0841. The van der Waals surface area contributed by atoms with Crippen molar-refractivity contribution in [2.75, 3.05) is 26.2 Å². The Morgan fingerprint density at radius 1 is 1.23 bits per heavy atom. The fourth-order valence-electron chi connectivity index (χ4n) is 2.57. The molecule has 0 unspecified atom stereocenters. The molecule has 1 saturated heterocycles. The molecule has 0 bridgehead atoms. The van der Waals surface area contributed by atoms with E-state index in [0.717, 1.165) is 32.7 Å². The van der Waals surface area contributed by atoms with Crippen molar-refractivity contribution in [2.45, 2.75) is 13.1 Å². The minimum Gasteiger partial charge on any atom is -0.339 e. The molecule has 1 fully saturated rings. The molecule has 1 aliphatic heterocycles. The molecule has 2 aromatic rings. The first-order valence-electron chi connectivity index (χ1n) is 7.28. The van der Waals surface area contributed by atoms with Crippen LogP contribution in [0.25, 0.3) is 0 Å². The summed E-state index contributed by atoms with van der Waals surface area (Å²) in [6.45, 7) is 4.36. The summed E-state index contributed by atoms with van der Waals surface area (Å²) < 4.78 is 1.58. The van der Waals surface area contributed by atoms with E-state index in [4.69, 9.17) is 11.6 Å². The topological polar surface area (TPSA) is 54.3 Å². The number of carbonyl (C=O) groups excluding carboxylic acids is 1. The van der Waals surface area contributed by atoms with Crippen molar-refractivity contribution in [3.8, 4) is 0 Å². The maximum Gasteiger partial charge on any atom is 0.244 e. The number of piperazine rings is 1. The summed E-state index contributed by atoms with van der Waals surface area (Å²) in [5.74, 6) is 0.0841. The highest BCUT2D eigenvalue weighted by atomic mass is 35.5. The number of aromatic nitrogens is 3. The normalized spacial score (nSPS) is 16.0. The van der Waals surface area contributed by atoms with Crippen molar-refractivity contribution < 1.29 is 4.79 Å². The molecule has 0 spiro atoms. The van der Waals surface area contributed by atoms with E-state index in [1.807, 2.05) is 17.2 Å². The number of hydrogen-bond donors (Lipinski definition) is 0. The molecular formula is C15H18ClN5O. The van der Waals surface area contributed by atoms with Crippen LogP contribution in [0.4, 0.5) is 0 Å². The van der Waals surface area contributed by atoms with Crippen molar-refractivity contribution in [1.82, 2.24) is 24.6 Å². The van der Waals surface area contributed by atoms with E-state index in [0.29, 0.717) is 5.02 Å². The zero-order valence-electron chi connectivity index (χ0n) is 12.2. The van der Waals surface area contributed by atoms with E-state index < -0.39 is 0 Å². The predicted molar refractivity (Wildman–Crippen MR) is 83.3 cm³/mol. The molecule has 0 saturated carbocycles. The third-order valence-electron chi connectivity index (χ3n) is 3.75. The average molecular weight is 320 g/mol. The van der Waals surface area contributed by atoms with Crippen LogP contribution in [0.15, 0.2) is 36.9 Å². The van der Waals surface area contributed by atoms with Gasteiger partial charge in [0.05, 0.1) is 11.2 Å². The molecule has 0 aromatic carbocycles. The minimum atomic E-state index is 0.0841. The van der Waals surface area contributed by atoms with E-state index in [1.165, 1.54) is 5.56 Å². The number of hydrogen-bond acceptors (Lipinski definition) is 4. The molecule has 1 aliphatic rings. The van der Waals surface area contributed by atoms with Gasteiger partial charge in [-0.25, -0.2) is 0 Å². The first kappa shape index (κ1) is 15.0. The maximum absolute atomic E-state index is 12.2. The van der Waals surface area contributed by atoms with Crippen LogP contribution in [0, 0.1) is 0 Å². The average Bonchev–Trinajstić information content (AvgIpc) is 2.94. The molecule has 0 N–H and O–H groups in total. The number of nitrogens with zero attached hydrogens (tertiary/aromatic N) is 5. The second-order valence-electron chi connectivity index (χ2n) is 5.37. The quantitative estimate of drug-likeness (QED) is 0.852. The summed E-state index contributed by atoms with van der Waals surface area (Å²) in [6.07, 6.45) is 6.87. The molecule has 2 aromatic heterocycles. The number of rotatable bonds is 4. The fraction of sp³-hybridized carbons (Fsp3) is 0.400.